The molecule has 138 valence electrons. The fraction of sp³-hybridized carbons (Fsp3) is 0.300. The highest BCUT2D eigenvalue weighted by atomic mass is 16.5. The Morgan fingerprint density at radius 2 is 1.88 bits per heavy atom. The van der Waals surface area contributed by atoms with Gasteiger partial charge in [0.2, 0.25) is 0 Å². The van der Waals surface area contributed by atoms with Crippen molar-refractivity contribution in [3.05, 3.63) is 59.2 Å². The average molecular weight is 357 g/mol. The summed E-state index contributed by atoms with van der Waals surface area (Å²) in [6.45, 7) is 4.26. The molecule has 26 heavy (non-hydrogen) atoms. The average Bonchev–Trinajstić information content (AvgIpc) is 2.60. The number of carbonyl (C=O) groups excluding carboxylic acids is 1. The zero-order valence-electron chi connectivity index (χ0n) is 15.0. The first-order chi connectivity index (χ1) is 12.5. The van der Waals surface area contributed by atoms with Gasteiger partial charge in [-0.25, -0.2) is 4.79 Å². The van der Waals surface area contributed by atoms with Crippen LogP contribution in [0.1, 0.15) is 28.4 Å². The largest absolute Gasteiger partial charge is 0.490 e. The highest BCUT2D eigenvalue weighted by molar-refractivity contribution is 5.94. The highest BCUT2D eigenvalue weighted by Crippen LogP contribution is 2.28. The molecule has 0 radical (unpaired) electrons. The second-order valence-electron chi connectivity index (χ2n) is 5.77. The van der Waals surface area contributed by atoms with Crippen molar-refractivity contribution in [1.82, 2.24) is 5.32 Å². The van der Waals surface area contributed by atoms with E-state index >= 15 is 0 Å². The molecule has 0 aliphatic carbocycles. The monoisotopic (exact) mass is 357 g/mol. The fourth-order valence-corrected chi connectivity index (χ4v) is 2.47. The van der Waals surface area contributed by atoms with Gasteiger partial charge in [-0.05, 0) is 44.0 Å². The first kappa shape index (κ1) is 19.3. The van der Waals surface area contributed by atoms with E-state index in [2.05, 4.69) is 11.4 Å². The fourth-order valence-electron chi connectivity index (χ4n) is 2.47. The number of ether oxygens (including phenoxy) is 2. The minimum atomic E-state index is -1.08. The molecule has 2 aromatic carbocycles. The lowest BCUT2D eigenvalue weighted by atomic mass is 10.1. The van der Waals surface area contributed by atoms with Crippen LogP contribution in [-0.2, 0) is 11.2 Å². The Balaban J connectivity index is 1.98. The van der Waals surface area contributed by atoms with Crippen molar-refractivity contribution < 1.29 is 24.2 Å². The summed E-state index contributed by atoms with van der Waals surface area (Å²) >= 11 is 0. The van der Waals surface area contributed by atoms with Gasteiger partial charge in [0, 0.05) is 12.1 Å². The molecule has 0 aliphatic heterocycles. The summed E-state index contributed by atoms with van der Waals surface area (Å²) in [4.78, 5) is 23.0. The lowest BCUT2D eigenvalue weighted by Gasteiger charge is -2.12. The number of hydrogen-bond donors (Lipinski definition) is 2. The van der Waals surface area contributed by atoms with Crippen molar-refractivity contribution in [3.8, 4) is 11.5 Å². The molecule has 0 bridgehead atoms. The number of carbonyl (C=O) groups is 2. The number of carboxylic acids is 1. The molecular weight excluding hydrogens is 334 g/mol. The van der Waals surface area contributed by atoms with Crippen molar-refractivity contribution in [1.29, 1.82) is 0 Å². The number of aliphatic carboxylic acids is 1. The predicted molar refractivity (Wildman–Crippen MR) is 98.0 cm³/mol. The number of nitrogens with one attached hydrogen (secondary N) is 1. The molecule has 0 fully saturated rings. The summed E-state index contributed by atoms with van der Waals surface area (Å²) in [7, 11) is 0. The second kappa shape index (κ2) is 9.46. The first-order valence-corrected chi connectivity index (χ1v) is 8.44. The molecule has 0 aliphatic rings. The van der Waals surface area contributed by atoms with Gasteiger partial charge in [0.25, 0.3) is 5.91 Å². The molecule has 0 saturated heterocycles. The Morgan fingerprint density at radius 1 is 1.08 bits per heavy atom. The van der Waals surface area contributed by atoms with Crippen molar-refractivity contribution in [2.75, 3.05) is 19.8 Å². The molecule has 6 heteroatoms. The zero-order chi connectivity index (χ0) is 18.9. The van der Waals surface area contributed by atoms with Gasteiger partial charge < -0.3 is 19.9 Å². The van der Waals surface area contributed by atoms with E-state index in [0.717, 1.165) is 12.0 Å². The van der Waals surface area contributed by atoms with Gasteiger partial charge >= 0.3 is 5.97 Å². The molecule has 0 saturated carbocycles. The molecule has 1 amide bonds. The number of benzene rings is 2. The van der Waals surface area contributed by atoms with Gasteiger partial charge in [-0.2, -0.15) is 0 Å². The van der Waals surface area contributed by atoms with Crippen LogP contribution in [-0.4, -0.2) is 36.7 Å². The number of rotatable bonds is 9. The highest BCUT2D eigenvalue weighted by Gasteiger charge is 2.12. The van der Waals surface area contributed by atoms with Crippen molar-refractivity contribution >= 4 is 11.9 Å². The van der Waals surface area contributed by atoms with Crippen LogP contribution in [0.5, 0.6) is 11.5 Å². The normalized spacial score (nSPS) is 10.2. The van der Waals surface area contributed by atoms with Gasteiger partial charge in [0.15, 0.2) is 18.1 Å². The van der Waals surface area contributed by atoms with Crippen LogP contribution in [0.3, 0.4) is 0 Å². The minimum absolute atomic E-state index is 0.219. The molecule has 2 rings (SSSR count). The Morgan fingerprint density at radius 3 is 2.58 bits per heavy atom. The molecular formula is C20H23NO5. The number of carboxylic acid groups (broad SMARTS) is 1. The number of aryl methyl sites for hydroxylation is 1. The van der Waals surface area contributed by atoms with Gasteiger partial charge in [0.05, 0.1) is 6.61 Å². The zero-order valence-corrected chi connectivity index (χ0v) is 15.0. The summed E-state index contributed by atoms with van der Waals surface area (Å²) in [5.41, 5.74) is 2.78. The summed E-state index contributed by atoms with van der Waals surface area (Å²) in [6.07, 6.45) is 0.742. The Kier molecular flexibility index (Phi) is 7.02. The maximum atomic E-state index is 12.3. The molecule has 2 N–H and O–H groups in total. The van der Waals surface area contributed by atoms with Crippen LogP contribution in [0.25, 0.3) is 0 Å². The maximum Gasteiger partial charge on any atom is 0.341 e. The Bertz CT molecular complexity index is 773. The van der Waals surface area contributed by atoms with Gasteiger partial charge in [0.1, 0.15) is 0 Å². The summed E-state index contributed by atoms with van der Waals surface area (Å²) < 4.78 is 10.6. The molecule has 0 atom stereocenters. The van der Waals surface area contributed by atoms with Crippen molar-refractivity contribution in [2.24, 2.45) is 0 Å². The standard InChI is InChI=1S/C20H23NO5/c1-3-25-18-12-16(7-8-17(18)26-13-19(22)23)20(24)21-10-9-15-6-4-5-14(2)11-15/h4-8,11-12H,3,9-10,13H2,1-2H3,(H,21,24)(H,22,23). The Hall–Kier alpha value is -3.02. The maximum absolute atomic E-state index is 12.3. The van der Waals surface area contributed by atoms with Crippen LogP contribution in [0.15, 0.2) is 42.5 Å². The van der Waals surface area contributed by atoms with E-state index in [9.17, 15) is 9.59 Å². The van der Waals surface area contributed by atoms with Crippen molar-refractivity contribution in [3.63, 3.8) is 0 Å². The predicted octanol–water partition coefficient (Wildman–Crippen LogP) is 2.83. The first-order valence-electron chi connectivity index (χ1n) is 8.44. The summed E-state index contributed by atoms with van der Waals surface area (Å²) in [6, 6.07) is 12.8. The molecule has 0 spiro atoms. The second-order valence-corrected chi connectivity index (χ2v) is 5.77. The third-order valence-corrected chi connectivity index (χ3v) is 3.64. The van der Waals surface area contributed by atoms with Crippen LogP contribution < -0.4 is 14.8 Å². The van der Waals surface area contributed by atoms with Crippen molar-refractivity contribution in [2.45, 2.75) is 20.3 Å². The topological polar surface area (TPSA) is 84.9 Å². The summed E-state index contributed by atoms with van der Waals surface area (Å²) in [5, 5.41) is 11.6. The smallest absolute Gasteiger partial charge is 0.341 e. The van der Waals surface area contributed by atoms with E-state index in [4.69, 9.17) is 14.6 Å². The Labute approximate surface area is 152 Å². The van der Waals surface area contributed by atoms with E-state index in [1.54, 1.807) is 25.1 Å². The van der Waals surface area contributed by atoms with Gasteiger partial charge in [-0.1, -0.05) is 29.8 Å². The lowest BCUT2D eigenvalue weighted by molar-refractivity contribution is -0.139. The molecule has 2 aromatic rings. The molecule has 0 heterocycles. The minimum Gasteiger partial charge on any atom is -0.490 e. The van der Waals surface area contributed by atoms with E-state index in [-0.39, 0.29) is 5.91 Å². The third-order valence-electron chi connectivity index (χ3n) is 3.64. The molecule has 6 nitrogen and oxygen atoms in total. The van der Waals surface area contributed by atoms with E-state index in [0.29, 0.717) is 30.2 Å². The van der Waals surface area contributed by atoms with Crippen LogP contribution in [0, 0.1) is 6.92 Å². The number of amides is 1. The van der Waals surface area contributed by atoms with Gasteiger partial charge in [-0.3, -0.25) is 4.79 Å². The lowest BCUT2D eigenvalue weighted by Crippen LogP contribution is -2.25. The molecule has 0 unspecified atom stereocenters. The van der Waals surface area contributed by atoms with Crippen LogP contribution >= 0.6 is 0 Å². The van der Waals surface area contributed by atoms with Crippen LogP contribution in [0.2, 0.25) is 0 Å². The van der Waals surface area contributed by atoms with E-state index in [1.165, 1.54) is 5.56 Å². The quantitative estimate of drug-likeness (QED) is 0.721. The summed E-state index contributed by atoms with van der Waals surface area (Å²) in [5.74, 6) is -0.653. The van der Waals surface area contributed by atoms with E-state index < -0.39 is 12.6 Å². The van der Waals surface area contributed by atoms with Gasteiger partial charge in [-0.15, -0.1) is 0 Å². The molecule has 0 aromatic heterocycles. The number of hydrogen-bond acceptors (Lipinski definition) is 4. The van der Waals surface area contributed by atoms with Crippen LogP contribution in [0.4, 0.5) is 0 Å². The third kappa shape index (κ3) is 5.81. The van der Waals surface area contributed by atoms with E-state index in [1.807, 2.05) is 25.1 Å². The SMILES string of the molecule is CCOc1cc(C(=O)NCCc2cccc(C)c2)ccc1OCC(=O)O.